The molecule has 0 aliphatic heterocycles. The number of fused-ring (bicyclic) bond motifs is 1. The zero-order valence-corrected chi connectivity index (χ0v) is 14.6. The number of carboxylic acid groups (broad SMARTS) is 1. The van der Waals surface area contributed by atoms with Crippen LogP contribution in [0.1, 0.15) is 26.3 Å². The van der Waals surface area contributed by atoms with Crippen molar-refractivity contribution in [1.82, 2.24) is 9.38 Å². The van der Waals surface area contributed by atoms with Gasteiger partial charge in [-0.15, -0.1) is 0 Å². The van der Waals surface area contributed by atoms with Gasteiger partial charge in [-0.2, -0.15) is 13.2 Å². The van der Waals surface area contributed by atoms with Crippen molar-refractivity contribution in [2.45, 2.75) is 6.18 Å². The third kappa shape index (κ3) is 3.74. The smallest absolute Gasteiger partial charge is 0.471 e. The minimum Gasteiger partial charge on any atom is -0.495 e. The van der Waals surface area contributed by atoms with E-state index in [-0.39, 0.29) is 33.6 Å². The van der Waals surface area contributed by atoms with E-state index in [1.54, 1.807) is 5.32 Å². The minimum atomic E-state index is -5.10. The van der Waals surface area contributed by atoms with Crippen LogP contribution in [0.5, 0.6) is 5.75 Å². The Labute approximate surface area is 160 Å². The molecule has 11 heteroatoms. The number of aromatic carboxylic acids is 1. The SMILES string of the molecule is COc1cc(C(=O)c2c(C(=O)O)ccn3cncc23)ccc1NC(=O)C(F)(F)F. The van der Waals surface area contributed by atoms with Crippen molar-refractivity contribution in [3.8, 4) is 5.75 Å². The highest BCUT2D eigenvalue weighted by Crippen LogP contribution is 2.30. The second-order valence-corrected chi connectivity index (χ2v) is 5.79. The van der Waals surface area contributed by atoms with Crippen molar-refractivity contribution in [2.24, 2.45) is 0 Å². The standard InChI is InChI=1S/C18H12F3N3O5/c1-29-13-6-9(2-3-11(13)23-17(28)18(19,20)21)15(25)14-10(16(26)27)4-5-24-8-22-7-12(14)24/h2-8H,1H3,(H,23,28)(H,26,27). The number of methoxy groups -OCH3 is 1. The Morgan fingerprint density at radius 3 is 2.55 bits per heavy atom. The second kappa shape index (κ2) is 7.26. The normalized spacial score (nSPS) is 11.3. The molecule has 29 heavy (non-hydrogen) atoms. The average Bonchev–Trinajstić information content (AvgIpc) is 3.14. The molecule has 0 saturated heterocycles. The van der Waals surface area contributed by atoms with E-state index < -0.39 is 23.8 Å². The number of ketones is 1. The summed E-state index contributed by atoms with van der Waals surface area (Å²) in [5.74, 6) is -4.45. The van der Waals surface area contributed by atoms with E-state index in [4.69, 9.17) is 4.74 Å². The first-order chi connectivity index (χ1) is 13.6. The number of aromatic nitrogens is 2. The monoisotopic (exact) mass is 407 g/mol. The van der Waals surface area contributed by atoms with Gasteiger partial charge in [0, 0.05) is 11.8 Å². The Bertz CT molecular complexity index is 1140. The van der Waals surface area contributed by atoms with Gasteiger partial charge in [-0.1, -0.05) is 0 Å². The van der Waals surface area contributed by atoms with Gasteiger partial charge < -0.3 is 19.6 Å². The van der Waals surface area contributed by atoms with Crippen molar-refractivity contribution in [3.63, 3.8) is 0 Å². The lowest BCUT2D eigenvalue weighted by Gasteiger charge is -2.13. The second-order valence-electron chi connectivity index (χ2n) is 5.79. The summed E-state index contributed by atoms with van der Waals surface area (Å²) in [7, 11) is 1.15. The molecule has 2 aromatic heterocycles. The van der Waals surface area contributed by atoms with Crippen LogP contribution < -0.4 is 10.1 Å². The van der Waals surface area contributed by atoms with E-state index in [0.29, 0.717) is 0 Å². The molecule has 8 nitrogen and oxygen atoms in total. The number of amides is 1. The van der Waals surface area contributed by atoms with Gasteiger partial charge in [0.05, 0.1) is 42.0 Å². The number of hydrogen-bond donors (Lipinski definition) is 2. The van der Waals surface area contributed by atoms with Gasteiger partial charge in [-0.05, 0) is 24.3 Å². The lowest BCUT2D eigenvalue weighted by Crippen LogP contribution is -2.30. The number of ether oxygens (including phenoxy) is 1. The first-order valence-corrected chi connectivity index (χ1v) is 7.92. The molecule has 0 aliphatic rings. The number of alkyl halides is 3. The number of hydrogen-bond acceptors (Lipinski definition) is 5. The van der Waals surface area contributed by atoms with E-state index in [2.05, 4.69) is 4.98 Å². The molecule has 0 fully saturated rings. The molecule has 0 bridgehead atoms. The summed E-state index contributed by atoms with van der Waals surface area (Å²) in [6.07, 6.45) is -0.977. The number of rotatable bonds is 5. The average molecular weight is 407 g/mol. The van der Waals surface area contributed by atoms with Crippen molar-refractivity contribution >= 4 is 28.9 Å². The lowest BCUT2D eigenvalue weighted by molar-refractivity contribution is -0.167. The van der Waals surface area contributed by atoms with Gasteiger partial charge in [-0.3, -0.25) is 9.59 Å². The Balaban J connectivity index is 2.06. The lowest BCUT2D eigenvalue weighted by atomic mass is 9.98. The Hall–Kier alpha value is -3.89. The molecular weight excluding hydrogens is 395 g/mol. The summed E-state index contributed by atoms with van der Waals surface area (Å²) in [5, 5.41) is 11.1. The van der Waals surface area contributed by atoms with E-state index in [1.807, 2.05) is 0 Å². The van der Waals surface area contributed by atoms with Crippen LogP contribution in [0.2, 0.25) is 0 Å². The van der Waals surface area contributed by atoms with Crippen LogP contribution in [0.4, 0.5) is 18.9 Å². The topological polar surface area (TPSA) is 110 Å². The van der Waals surface area contributed by atoms with Crippen molar-refractivity contribution in [1.29, 1.82) is 0 Å². The maximum Gasteiger partial charge on any atom is 0.471 e. The molecule has 0 radical (unpaired) electrons. The number of carbonyl (C=O) groups excluding carboxylic acids is 2. The molecule has 2 heterocycles. The number of halogens is 3. The summed E-state index contributed by atoms with van der Waals surface area (Å²) in [6, 6.07) is 4.56. The largest absolute Gasteiger partial charge is 0.495 e. The summed E-state index contributed by atoms with van der Waals surface area (Å²) < 4.78 is 43.8. The van der Waals surface area contributed by atoms with Crippen LogP contribution in [0, 0.1) is 0 Å². The van der Waals surface area contributed by atoms with Gasteiger partial charge in [0.25, 0.3) is 0 Å². The number of pyridine rings is 1. The maximum atomic E-state index is 13.0. The minimum absolute atomic E-state index is 0.0522. The summed E-state index contributed by atoms with van der Waals surface area (Å²) >= 11 is 0. The predicted octanol–water partition coefficient (Wildman–Crippen LogP) is 2.77. The zero-order chi connectivity index (χ0) is 21.3. The fourth-order valence-corrected chi connectivity index (χ4v) is 2.68. The maximum absolute atomic E-state index is 13.0. The zero-order valence-electron chi connectivity index (χ0n) is 14.6. The van der Waals surface area contributed by atoms with Crippen LogP contribution in [0.15, 0.2) is 43.0 Å². The van der Waals surface area contributed by atoms with Crippen LogP contribution in [-0.2, 0) is 4.79 Å². The predicted molar refractivity (Wildman–Crippen MR) is 93.3 cm³/mol. The number of carboxylic acids is 1. The Kier molecular flexibility index (Phi) is 4.97. The molecule has 1 aromatic carbocycles. The molecular formula is C18H12F3N3O5. The van der Waals surface area contributed by atoms with Crippen LogP contribution in [0.3, 0.4) is 0 Å². The van der Waals surface area contributed by atoms with Crippen LogP contribution >= 0.6 is 0 Å². The number of benzene rings is 1. The fourth-order valence-electron chi connectivity index (χ4n) is 2.68. The molecule has 0 unspecified atom stereocenters. The van der Waals surface area contributed by atoms with E-state index in [1.165, 1.54) is 29.2 Å². The van der Waals surface area contributed by atoms with Crippen LogP contribution in [0.25, 0.3) is 5.52 Å². The quantitative estimate of drug-likeness (QED) is 0.630. The first kappa shape index (κ1) is 19.9. The molecule has 0 saturated carbocycles. The number of nitrogens with zero attached hydrogens (tertiary/aromatic N) is 2. The van der Waals surface area contributed by atoms with Crippen LogP contribution in [-0.4, -0.2) is 45.4 Å². The highest BCUT2D eigenvalue weighted by Gasteiger charge is 2.39. The third-order valence-electron chi connectivity index (χ3n) is 4.02. The van der Waals surface area contributed by atoms with Gasteiger partial charge >= 0.3 is 18.1 Å². The third-order valence-corrected chi connectivity index (χ3v) is 4.02. The molecule has 0 spiro atoms. The first-order valence-electron chi connectivity index (χ1n) is 7.92. The summed E-state index contributed by atoms with van der Waals surface area (Å²) in [6.45, 7) is 0. The van der Waals surface area contributed by atoms with Crippen molar-refractivity contribution in [3.05, 3.63) is 59.7 Å². The summed E-state index contributed by atoms with van der Waals surface area (Å²) in [4.78, 5) is 39.6. The fraction of sp³-hybridized carbons (Fsp3) is 0.111. The number of nitrogens with one attached hydrogen (secondary N) is 1. The van der Waals surface area contributed by atoms with Gasteiger partial charge in [0.1, 0.15) is 5.75 Å². The van der Waals surface area contributed by atoms with Gasteiger partial charge in [0.15, 0.2) is 5.78 Å². The number of anilines is 1. The highest BCUT2D eigenvalue weighted by molar-refractivity contribution is 6.18. The van der Waals surface area contributed by atoms with E-state index in [9.17, 15) is 32.7 Å². The van der Waals surface area contributed by atoms with Gasteiger partial charge in [0.2, 0.25) is 0 Å². The summed E-state index contributed by atoms with van der Waals surface area (Å²) in [5.41, 5.74) is -0.526. The highest BCUT2D eigenvalue weighted by atomic mass is 19.4. The van der Waals surface area contributed by atoms with Crippen molar-refractivity contribution < 1.29 is 37.4 Å². The molecule has 1 amide bonds. The molecule has 2 N–H and O–H groups in total. The molecule has 0 atom stereocenters. The number of carbonyl (C=O) groups is 3. The Morgan fingerprint density at radius 1 is 1.21 bits per heavy atom. The molecule has 3 rings (SSSR count). The van der Waals surface area contributed by atoms with Crippen molar-refractivity contribution in [2.75, 3.05) is 12.4 Å². The Morgan fingerprint density at radius 2 is 1.93 bits per heavy atom. The van der Waals surface area contributed by atoms with E-state index in [0.717, 1.165) is 25.3 Å². The number of imidazole rings is 1. The molecule has 0 aliphatic carbocycles. The van der Waals surface area contributed by atoms with E-state index >= 15 is 0 Å². The van der Waals surface area contributed by atoms with Gasteiger partial charge in [-0.25, -0.2) is 9.78 Å². The molecule has 3 aromatic rings. The molecule has 150 valence electrons.